The molecule has 1 aromatic rings. The van der Waals surface area contributed by atoms with Crippen molar-refractivity contribution in [1.29, 1.82) is 0 Å². The second kappa shape index (κ2) is 3.01. The molecule has 1 aliphatic heterocycles. The van der Waals surface area contributed by atoms with E-state index < -0.39 is 0 Å². The summed E-state index contributed by atoms with van der Waals surface area (Å²) in [5, 5.41) is 0. The molecule has 1 saturated carbocycles. The lowest BCUT2D eigenvalue weighted by Crippen LogP contribution is -2.30. The summed E-state index contributed by atoms with van der Waals surface area (Å²) in [7, 11) is 0. The molecule has 1 fully saturated rings. The molecule has 2 aliphatic rings. The summed E-state index contributed by atoms with van der Waals surface area (Å²) in [5.41, 5.74) is 1.66. The van der Waals surface area contributed by atoms with Gasteiger partial charge in [-0.3, -0.25) is 0 Å². The predicted octanol–water partition coefficient (Wildman–Crippen LogP) is 3.19. The molecule has 3 rings (SSSR count). The highest BCUT2D eigenvalue weighted by molar-refractivity contribution is 5.42. The maximum atomic E-state index is 5.83. The molecule has 0 saturated heterocycles. The maximum absolute atomic E-state index is 5.83. The summed E-state index contributed by atoms with van der Waals surface area (Å²) in [6.45, 7) is 0.893. The largest absolute Gasteiger partial charge is 0.493 e. The molecule has 0 atom stereocenters. The fraction of sp³-hybridized carbons (Fsp3) is 0.462. The Bertz CT molecular complexity index is 337. The van der Waals surface area contributed by atoms with Crippen molar-refractivity contribution >= 4 is 0 Å². The van der Waals surface area contributed by atoms with Crippen LogP contribution in [0.5, 0.6) is 5.75 Å². The van der Waals surface area contributed by atoms with E-state index in [4.69, 9.17) is 4.74 Å². The van der Waals surface area contributed by atoms with Crippen LogP contribution in [0.3, 0.4) is 0 Å². The highest BCUT2D eigenvalue weighted by Crippen LogP contribution is 2.46. The van der Waals surface area contributed by atoms with Crippen molar-refractivity contribution in [1.82, 2.24) is 0 Å². The van der Waals surface area contributed by atoms with Gasteiger partial charge < -0.3 is 4.74 Å². The van der Waals surface area contributed by atoms with E-state index in [1.54, 1.807) is 0 Å². The lowest BCUT2D eigenvalue weighted by molar-refractivity contribution is 0.165. The van der Waals surface area contributed by atoms with Crippen LogP contribution in [0.15, 0.2) is 24.3 Å². The third kappa shape index (κ3) is 1.23. The van der Waals surface area contributed by atoms with Crippen LogP contribution in [0, 0.1) is 11.8 Å². The van der Waals surface area contributed by atoms with E-state index in [0.29, 0.717) is 5.41 Å². The molecule has 0 amide bonds. The number of hydrogen-bond acceptors (Lipinski definition) is 1. The summed E-state index contributed by atoms with van der Waals surface area (Å²) in [6.07, 6.45) is 7.78. The summed E-state index contributed by atoms with van der Waals surface area (Å²) in [5.74, 6) is 1.06. The van der Waals surface area contributed by atoms with Crippen molar-refractivity contribution < 1.29 is 4.74 Å². The molecule has 1 aromatic carbocycles. The highest BCUT2D eigenvalue weighted by Gasteiger charge is 2.38. The SMILES string of the molecule is [CH]1c2ccccc2OCC12CCCC2. The minimum absolute atomic E-state index is 0.369. The maximum Gasteiger partial charge on any atom is 0.122 e. The van der Waals surface area contributed by atoms with Crippen molar-refractivity contribution in [2.24, 2.45) is 5.41 Å². The first-order chi connectivity index (χ1) is 6.88. The third-order valence-electron chi connectivity index (χ3n) is 3.50. The molecule has 0 bridgehead atoms. The van der Waals surface area contributed by atoms with Crippen LogP contribution in [0.1, 0.15) is 31.2 Å². The topological polar surface area (TPSA) is 9.23 Å². The Kier molecular flexibility index (Phi) is 1.79. The molecule has 14 heavy (non-hydrogen) atoms. The van der Waals surface area contributed by atoms with Gasteiger partial charge >= 0.3 is 0 Å². The van der Waals surface area contributed by atoms with Crippen LogP contribution >= 0.6 is 0 Å². The molecule has 1 radical (unpaired) electrons. The van der Waals surface area contributed by atoms with Gasteiger partial charge in [-0.2, -0.15) is 0 Å². The number of para-hydroxylation sites is 1. The van der Waals surface area contributed by atoms with Crippen molar-refractivity contribution in [3.05, 3.63) is 36.2 Å². The molecule has 0 N–H and O–H groups in total. The van der Waals surface area contributed by atoms with Gasteiger partial charge in [0.05, 0.1) is 6.61 Å². The number of rotatable bonds is 0. The van der Waals surface area contributed by atoms with Gasteiger partial charge in [-0.05, 0) is 24.5 Å². The first-order valence-corrected chi connectivity index (χ1v) is 5.46. The average molecular weight is 187 g/mol. The van der Waals surface area contributed by atoms with Crippen LogP contribution in [0.25, 0.3) is 0 Å². The van der Waals surface area contributed by atoms with E-state index in [-0.39, 0.29) is 0 Å². The molecule has 1 aliphatic carbocycles. The van der Waals surface area contributed by atoms with Gasteiger partial charge in [0.15, 0.2) is 0 Å². The van der Waals surface area contributed by atoms with E-state index in [0.717, 1.165) is 12.4 Å². The molecule has 0 unspecified atom stereocenters. The fourth-order valence-electron chi connectivity index (χ4n) is 2.69. The minimum atomic E-state index is 0.369. The first-order valence-electron chi connectivity index (χ1n) is 5.46. The fourth-order valence-corrected chi connectivity index (χ4v) is 2.69. The summed E-state index contributed by atoms with van der Waals surface area (Å²) >= 11 is 0. The normalized spacial score (nSPS) is 23.1. The third-order valence-corrected chi connectivity index (χ3v) is 3.50. The van der Waals surface area contributed by atoms with Gasteiger partial charge in [0.2, 0.25) is 0 Å². The highest BCUT2D eigenvalue weighted by atomic mass is 16.5. The zero-order valence-electron chi connectivity index (χ0n) is 8.33. The molecule has 1 nitrogen and oxygen atoms in total. The number of fused-ring (bicyclic) bond motifs is 1. The molecule has 1 spiro atoms. The van der Waals surface area contributed by atoms with Gasteiger partial charge in [-0.1, -0.05) is 31.0 Å². The Labute approximate surface area is 85.1 Å². The smallest absolute Gasteiger partial charge is 0.122 e. The summed E-state index contributed by atoms with van der Waals surface area (Å²) < 4.78 is 5.83. The number of hydrogen-bond donors (Lipinski definition) is 0. The average Bonchev–Trinajstić information content (AvgIpc) is 2.66. The van der Waals surface area contributed by atoms with Crippen LogP contribution in [-0.2, 0) is 0 Å². The Morgan fingerprint density at radius 3 is 2.71 bits per heavy atom. The quantitative estimate of drug-likeness (QED) is 0.606. The van der Waals surface area contributed by atoms with Gasteiger partial charge in [0, 0.05) is 11.8 Å². The van der Waals surface area contributed by atoms with E-state index in [9.17, 15) is 0 Å². The number of benzene rings is 1. The zero-order valence-corrected chi connectivity index (χ0v) is 8.33. The molecular formula is C13H15O. The lowest BCUT2D eigenvalue weighted by atomic mass is 9.79. The van der Waals surface area contributed by atoms with Crippen molar-refractivity contribution in [2.45, 2.75) is 25.7 Å². The van der Waals surface area contributed by atoms with Gasteiger partial charge in [-0.25, -0.2) is 0 Å². The minimum Gasteiger partial charge on any atom is -0.493 e. The van der Waals surface area contributed by atoms with Gasteiger partial charge in [-0.15, -0.1) is 0 Å². The summed E-state index contributed by atoms with van der Waals surface area (Å²) in [4.78, 5) is 0. The molecule has 1 heteroatoms. The van der Waals surface area contributed by atoms with Crippen LogP contribution in [0.4, 0.5) is 0 Å². The van der Waals surface area contributed by atoms with Crippen molar-refractivity contribution in [3.8, 4) is 5.75 Å². The first kappa shape index (κ1) is 8.34. The Morgan fingerprint density at radius 1 is 1.07 bits per heavy atom. The van der Waals surface area contributed by atoms with Crippen molar-refractivity contribution in [3.63, 3.8) is 0 Å². The zero-order chi connectivity index (χ0) is 9.43. The van der Waals surface area contributed by atoms with Gasteiger partial charge in [0.25, 0.3) is 0 Å². The van der Waals surface area contributed by atoms with E-state index in [1.165, 1.54) is 31.2 Å². The lowest BCUT2D eigenvalue weighted by Gasteiger charge is -2.34. The standard InChI is InChI=1S/C13H15O/c1-2-6-12-11(5-1)9-13(10-14-12)7-3-4-8-13/h1-2,5-6,9H,3-4,7-8,10H2. The summed E-state index contributed by atoms with van der Waals surface area (Å²) in [6, 6.07) is 8.36. The molecule has 0 aromatic heterocycles. The van der Waals surface area contributed by atoms with Crippen molar-refractivity contribution in [2.75, 3.05) is 6.61 Å². The second-order valence-electron chi connectivity index (χ2n) is 4.54. The van der Waals surface area contributed by atoms with Gasteiger partial charge in [0.1, 0.15) is 5.75 Å². The van der Waals surface area contributed by atoms with E-state index in [2.05, 4.69) is 24.6 Å². The van der Waals surface area contributed by atoms with E-state index >= 15 is 0 Å². The molecule has 73 valence electrons. The van der Waals surface area contributed by atoms with Crippen LogP contribution in [0.2, 0.25) is 0 Å². The Hall–Kier alpha value is -0.980. The van der Waals surface area contributed by atoms with E-state index in [1.807, 2.05) is 6.07 Å². The monoisotopic (exact) mass is 187 g/mol. The Morgan fingerprint density at radius 2 is 1.86 bits per heavy atom. The molecule has 1 heterocycles. The predicted molar refractivity (Wildman–Crippen MR) is 56.2 cm³/mol. The Balaban J connectivity index is 1.92. The number of ether oxygens (including phenoxy) is 1. The second-order valence-corrected chi connectivity index (χ2v) is 4.54. The molecular weight excluding hydrogens is 172 g/mol. The van der Waals surface area contributed by atoms with Crippen LogP contribution in [-0.4, -0.2) is 6.61 Å². The van der Waals surface area contributed by atoms with Crippen LogP contribution < -0.4 is 4.74 Å².